The summed E-state index contributed by atoms with van der Waals surface area (Å²) in [5.74, 6) is 1.02. The average Bonchev–Trinajstić information content (AvgIpc) is 3.36. The molecule has 27 heavy (non-hydrogen) atoms. The Balaban J connectivity index is 1.23. The number of fused-ring (bicyclic) bond motifs is 5. The lowest BCUT2D eigenvalue weighted by Gasteiger charge is -2.32. The first-order valence-electron chi connectivity index (χ1n) is 9.95. The molecule has 3 atom stereocenters. The van der Waals surface area contributed by atoms with Crippen LogP contribution >= 0.6 is 0 Å². The Morgan fingerprint density at radius 1 is 1.07 bits per heavy atom. The van der Waals surface area contributed by atoms with Crippen molar-refractivity contribution in [2.75, 3.05) is 13.2 Å². The quantitative estimate of drug-likeness (QED) is 0.861. The second-order valence-electron chi connectivity index (χ2n) is 8.36. The molecule has 5 rings (SSSR count). The maximum absolute atomic E-state index is 12.3. The Morgan fingerprint density at radius 3 is 2.33 bits per heavy atom. The van der Waals surface area contributed by atoms with Crippen molar-refractivity contribution in [1.29, 1.82) is 0 Å². The van der Waals surface area contributed by atoms with E-state index in [-0.39, 0.29) is 5.92 Å². The first-order chi connectivity index (χ1) is 13.1. The van der Waals surface area contributed by atoms with Gasteiger partial charge in [-0.2, -0.15) is 0 Å². The number of hydrogen-bond acceptors (Lipinski definition) is 3. The minimum Gasteiger partial charge on any atom is -0.449 e. The van der Waals surface area contributed by atoms with Crippen LogP contribution in [0.3, 0.4) is 0 Å². The summed E-state index contributed by atoms with van der Waals surface area (Å²) in [6.45, 7) is 0.606. The highest BCUT2D eigenvalue weighted by Gasteiger charge is 2.49. The molecule has 2 N–H and O–H groups in total. The molecule has 2 bridgehead atoms. The molecule has 4 nitrogen and oxygen atoms in total. The van der Waals surface area contributed by atoms with Crippen molar-refractivity contribution in [3.63, 3.8) is 0 Å². The Hall–Kier alpha value is -2.33. The predicted octanol–water partition coefficient (Wildman–Crippen LogP) is 4.08. The molecule has 0 unspecified atom stereocenters. The molecular weight excluding hydrogens is 338 g/mol. The zero-order valence-corrected chi connectivity index (χ0v) is 15.4. The van der Waals surface area contributed by atoms with Crippen LogP contribution in [-0.2, 0) is 4.74 Å². The van der Waals surface area contributed by atoms with Gasteiger partial charge in [-0.05, 0) is 59.8 Å². The lowest BCUT2D eigenvalue weighted by molar-refractivity contribution is -0.0119. The van der Waals surface area contributed by atoms with Crippen LogP contribution in [0.1, 0.15) is 42.7 Å². The summed E-state index contributed by atoms with van der Waals surface area (Å²) in [6, 6.07) is 16.6. The fourth-order valence-electron chi connectivity index (χ4n) is 5.51. The molecule has 2 fully saturated rings. The summed E-state index contributed by atoms with van der Waals surface area (Å²) in [5, 5.41) is 13.6. The number of ether oxygens (including phenoxy) is 1. The highest BCUT2D eigenvalue weighted by molar-refractivity contribution is 5.79. The zero-order chi connectivity index (χ0) is 18.4. The summed E-state index contributed by atoms with van der Waals surface area (Å²) >= 11 is 0. The third kappa shape index (κ3) is 2.83. The molecule has 0 saturated heterocycles. The Bertz CT molecular complexity index is 834. The van der Waals surface area contributed by atoms with E-state index < -0.39 is 11.7 Å². The SMILES string of the molecule is O=C(NC[C@]1(O)C[C@@H]2CC[C@H]1C2)OCC1c2ccccc2-c2ccccc21. The van der Waals surface area contributed by atoms with E-state index in [0.717, 1.165) is 19.3 Å². The van der Waals surface area contributed by atoms with Gasteiger partial charge >= 0.3 is 6.09 Å². The molecule has 0 heterocycles. The number of aliphatic hydroxyl groups is 1. The number of hydrogen-bond donors (Lipinski definition) is 2. The minimum atomic E-state index is -0.742. The lowest BCUT2D eigenvalue weighted by Crippen LogP contribution is -2.46. The number of nitrogens with one attached hydrogen (secondary N) is 1. The van der Waals surface area contributed by atoms with Crippen LogP contribution < -0.4 is 5.32 Å². The third-order valence-corrected chi connectivity index (χ3v) is 6.83. The average molecular weight is 363 g/mol. The number of amides is 1. The van der Waals surface area contributed by atoms with Gasteiger partial charge in [0.2, 0.25) is 0 Å². The van der Waals surface area contributed by atoms with Crippen LogP contribution in [0.15, 0.2) is 48.5 Å². The van der Waals surface area contributed by atoms with E-state index in [4.69, 9.17) is 4.74 Å². The summed E-state index contributed by atoms with van der Waals surface area (Å²) in [4.78, 5) is 12.3. The molecule has 140 valence electrons. The molecule has 3 aliphatic carbocycles. The van der Waals surface area contributed by atoms with Gasteiger partial charge in [-0.15, -0.1) is 0 Å². The van der Waals surface area contributed by atoms with Crippen LogP contribution in [-0.4, -0.2) is 30.0 Å². The molecule has 0 aromatic heterocycles. The van der Waals surface area contributed by atoms with Gasteiger partial charge in [0, 0.05) is 12.5 Å². The van der Waals surface area contributed by atoms with Crippen LogP contribution in [0.5, 0.6) is 0 Å². The number of alkyl carbamates (subject to hydrolysis) is 1. The van der Waals surface area contributed by atoms with Gasteiger partial charge in [-0.3, -0.25) is 0 Å². The van der Waals surface area contributed by atoms with E-state index in [0.29, 0.717) is 25.0 Å². The second-order valence-corrected chi connectivity index (χ2v) is 8.36. The van der Waals surface area contributed by atoms with Crippen molar-refractivity contribution in [2.45, 2.75) is 37.2 Å². The molecule has 2 aromatic rings. The minimum absolute atomic E-state index is 0.0636. The molecule has 2 aromatic carbocycles. The van der Waals surface area contributed by atoms with Crippen molar-refractivity contribution >= 4 is 6.09 Å². The van der Waals surface area contributed by atoms with E-state index in [1.54, 1.807) is 0 Å². The van der Waals surface area contributed by atoms with E-state index in [2.05, 4.69) is 29.6 Å². The van der Waals surface area contributed by atoms with Crippen molar-refractivity contribution in [1.82, 2.24) is 5.32 Å². The number of benzene rings is 2. The van der Waals surface area contributed by atoms with Gasteiger partial charge in [0.25, 0.3) is 0 Å². The molecule has 2 saturated carbocycles. The molecule has 4 heteroatoms. The van der Waals surface area contributed by atoms with Gasteiger partial charge in [-0.1, -0.05) is 48.5 Å². The molecule has 0 spiro atoms. The normalized spacial score (nSPS) is 28.0. The maximum Gasteiger partial charge on any atom is 0.407 e. The van der Waals surface area contributed by atoms with Crippen molar-refractivity contribution in [3.8, 4) is 11.1 Å². The monoisotopic (exact) mass is 363 g/mol. The number of carbonyl (C=O) groups excluding carboxylic acids is 1. The van der Waals surface area contributed by atoms with Gasteiger partial charge in [0.05, 0.1) is 5.60 Å². The van der Waals surface area contributed by atoms with Crippen molar-refractivity contribution in [3.05, 3.63) is 59.7 Å². The van der Waals surface area contributed by atoms with E-state index >= 15 is 0 Å². The van der Waals surface area contributed by atoms with Crippen LogP contribution in [0.25, 0.3) is 11.1 Å². The van der Waals surface area contributed by atoms with Gasteiger partial charge < -0.3 is 15.2 Å². The molecular formula is C23H25NO3. The molecule has 0 aliphatic heterocycles. The number of carbonyl (C=O) groups is 1. The summed E-state index contributed by atoms with van der Waals surface area (Å²) in [6.07, 6.45) is 3.77. The summed E-state index contributed by atoms with van der Waals surface area (Å²) < 4.78 is 5.56. The zero-order valence-electron chi connectivity index (χ0n) is 15.4. The maximum atomic E-state index is 12.3. The first kappa shape index (κ1) is 16.8. The third-order valence-electron chi connectivity index (χ3n) is 6.83. The van der Waals surface area contributed by atoms with Gasteiger partial charge in [0.15, 0.2) is 0 Å². The highest BCUT2D eigenvalue weighted by Crippen LogP contribution is 2.50. The van der Waals surface area contributed by atoms with Gasteiger partial charge in [0.1, 0.15) is 6.61 Å². The van der Waals surface area contributed by atoms with E-state index in [1.807, 2.05) is 24.3 Å². The largest absolute Gasteiger partial charge is 0.449 e. The van der Waals surface area contributed by atoms with Crippen LogP contribution in [0.4, 0.5) is 4.79 Å². The second kappa shape index (κ2) is 6.38. The van der Waals surface area contributed by atoms with Crippen molar-refractivity contribution in [2.24, 2.45) is 11.8 Å². The Kier molecular flexibility index (Phi) is 3.97. The molecule has 1 amide bonds. The highest BCUT2D eigenvalue weighted by atomic mass is 16.5. The first-order valence-corrected chi connectivity index (χ1v) is 9.95. The fraction of sp³-hybridized carbons (Fsp3) is 0.435. The van der Waals surface area contributed by atoms with Crippen LogP contribution in [0.2, 0.25) is 0 Å². The smallest absolute Gasteiger partial charge is 0.407 e. The number of rotatable bonds is 4. The molecule has 3 aliphatic rings. The molecule has 0 radical (unpaired) electrons. The summed E-state index contributed by atoms with van der Waals surface area (Å²) in [5.41, 5.74) is 4.11. The topological polar surface area (TPSA) is 58.6 Å². The lowest BCUT2D eigenvalue weighted by atomic mass is 9.84. The van der Waals surface area contributed by atoms with Crippen LogP contribution in [0, 0.1) is 11.8 Å². The van der Waals surface area contributed by atoms with E-state index in [9.17, 15) is 9.90 Å². The Labute approximate surface area is 159 Å². The fourth-order valence-corrected chi connectivity index (χ4v) is 5.51. The summed E-state index contributed by atoms with van der Waals surface area (Å²) in [7, 11) is 0. The van der Waals surface area contributed by atoms with Gasteiger partial charge in [-0.25, -0.2) is 4.79 Å². The standard InChI is InChI=1S/C23H25NO3/c25-22(24-14-23(26)12-15-9-10-16(23)11-15)27-13-21-19-7-3-1-5-17(19)18-6-2-4-8-20(18)21/h1-8,15-16,21,26H,9-14H2,(H,24,25)/t15-,16+,23-/m1/s1. The Morgan fingerprint density at radius 2 is 1.74 bits per heavy atom. The van der Waals surface area contributed by atoms with Crippen molar-refractivity contribution < 1.29 is 14.6 Å². The van der Waals surface area contributed by atoms with E-state index in [1.165, 1.54) is 28.7 Å². The predicted molar refractivity (Wildman–Crippen MR) is 103 cm³/mol.